The summed E-state index contributed by atoms with van der Waals surface area (Å²) in [5, 5.41) is 0. The third-order valence-corrected chi connectivity index (χ3v) is 2.20. The van der Waals surface area contributed by atoms with Crippen molar-refractivity contribution in [2.75, 3.05) is 0 Å². The molecule has 0 aromatic heterocycles. The van der Waals surface area contributed by atoms with Crippen LogP contribution in [-0.2, 0) is 0 Å². The van der Waals surface area contributed by atoms with E-state index in [1.807, 2.05) is 0 Å². The van der Waals surface area contributed by atoms with E-state index in [4.69, 9.17) is 0 Å². The highest BCUT2D eigenvalue weighted by Crippen LogP contribution is 2.20. The molecule has 0 radical (unpaired) electrons. The standard InChI is InChI=1S/C13H26/c1-5-6-7-8-9-10-11-12-13(2,3)4/h9-10H,5-8,11-12H2,1-4H3/b10-9+. The normalized spacial score (nSPS) is 12.6. The van der Waals surface area contributed by atoms with Crippen LogP contribution >= 0.6 is 0 Å². The summed E-state index contributed by atoms with van der Waals surface area (Å²) < 4.78 is 0. The lowest BCUT2D eigenvalue weighted by Crippen LogP contribution is -2.02. The van der Waals surface area contributed by atoms with Crippen molar-refractivity contribution in [1.29, 1.82) is 0 Å². The Balaban J connectivity index is 3.22. The molecule has 0 aromatic rings. The number of rotatable bonds is 6. The van der Waals surface area contributed by atoms with Crippen LogP contribution in [0.25, 0.3) is 0 Å². The molecule has 0 atom stereocenters. The van der Waals surface area contributed by atoms with Gasteiger partial charge >= 0.3 is 0 Å². The van der Waals surface area contributed by atoms with Gasteiger partial charge in [-0.3, -0.25) is 0 Å². The fourth-order valence-corrected chi connectivity index (χ4v) is 1.26. The van der Waals surface area contributed by atoms with Gasteiger partial charge < -0.3 is 0 Å². The van der Waals surface area contributed by atoms with Crippen molar-refractivity contribution in [1.82, 2.24) is 0 Å². The summed E-state index contributed by atoms with van der Waals surface area (Å²) >= 11 is 0. The van der Waals surface area contributed by atoms with Gasteiger partial charge in [-0.05, 0) is 31.1 Å². The fraction of sp³-hybridized carbons (Fsp3) is 0.846. The van der Waals surface area contributed by atoms with E-state index in [-0.39, 0.29) is 0 Å². The zero-order valence-electron chi connectivity index (χ0n) is 9.90. The second-order valence-electron chi connectivity index (χ2n) is 5.07. The number of hydrogen-bond donors (Lipinski definition) is 0. The van der Waals surface area contributed by atoms with Crippen molar-refractivity contribution in [3.05, 3.63) is 12.2 Å². The minimum absolute atomic E-state index is 0.494. The van der Waals surface area contributed by atoms with Crippen LogP contribution in [0.3, 0.4) is 0 Å². The van der Waals surface area contributed by atoms with E-state index in [0.717, 1.165) is 0 Å². The SMILES string of the molecule is CCCCC/C=C/CCC(C)(C)C. The first kappa shape index (κ1) is 12.7. The van der Waals surface area contributed by atoms with Crippen LogP contribution in [0.15, 0.2) is 12.2 Å². The number of unbranched alkanes of at least 4 members (excludes halogenated alkanes) is 3. The molecule has 0 saturated heterocycles. The first-order chi connectivity index (χ1) is 6.06. The van der Waals surface area contributed by atoms with Crippen LogP contribution in [0, 0.1) is 5.41 Å². The quantitative estimate of drug-likeness (QED) is 0.403. The summed E-state index contributed by atoms with van der Waals surface area (Å²) in [6.07, 6.45) is 12.6. The molecule has 0 aliphatic rings. The van der Waals surface area contributed by atoms with Crippen molar-refractivity contribution in [3.63, 3.8) is 0 Å². The van der Waals surface area contributed by atoms with Crippen LogP contribution < -0.4 is 0 Å². The van der Waals surface area contributed by atoms with E-state index < -0.39 is 0 Å². The molecule has 0 heterocycles. The number of hydrogen-bond acceptors (Lipinski definition) is 0. The van der Waals surface area contributed by atoms with Gasteiger partial charge in [-0.15, -0.1) is 0 Å². The minimum Gasteiger partial charge on any atom is -0.0885 e. The molecule has 0 saturated carbocycles. The van der Waals surface area contributed by atoms with Gasteiger partial charge in [0.2, 0.25) is 0 Å². The highest BCUT2D eigenvalue weighted by Gasteiger charge is 2.07. The van der Waals surface area contributed by atoms with Crippen molar-refractivity contribution in [2.24, 2.45) is 5.41 Å². The summed E-state index contributed by atoms with van der Waals surface area (Å²) in [5.74, 6) is 0. The Labute approximate surface area is 84.4 Å². The van der Waals surface area contributed by atoms with Crippen molar-refractivity contribution in [2.45, 2.75) is 66.2 Å². The van der Waals surface area contributed by atoms with E-state index in [1.165, 1.54) is 38.5 Å². The fourth-order valence-electron chi connectivity index (χ4n) is 1.26. The lowest BCUT2D eigenvalue weighted by molar-refractivity contribution is 0.381. The monoisotopic (exact) mass is 182 g/mol. The van der Waals surface area contributed by atoms with E-state index in [0.29, 0.717) is 5.41 Å². The third kappa shape index (κ3) is 11.7. The molecule has 0 amide bonds. The Morgan fingerprint density at radius 2 is 1.54 bits per heavy atom. The van der Waals surface area contributed by atoms with Crippen LogP contribution in [-0.4, -0.2) is 0 Å². The van der Waals surface area contributed by atoms with Gasteiger partial charge in [0.05, 0.1) is 0 Å². The van der Waals surface area contributed by atoms with Gasteiger partial charge in [-0.1, -0.05) is 52.7 Å². The van der Waals surface area contributed by atoms with E-state index in [9.17, 15) is 0 Å². The topological polar surface area (TPSA) is 0 Å². The van der Waals surface area contributed by atoms with Crippen LogP contribution in [0.1, 0.15) is 66.2 Å². The van der Waals surface area contributed by atoms with Crippen LogP contribution in [0.4, 0.5) is 0 Å². The summed E-state index contributed by atoms with van der Waals surface area (Å²) in [5.41, 5.74) is 0.494. The molecule has 0 bridgehead atoms. The Bertz CT molecular complexity index is 125. The highest BCUT2D eigenvalue weighted by atomic mass is 14.1. The molecule has 0 unspecified atom stereocenters. The minimum atomic E-state index is 0.494. The predicted molar refractivity (Wildman–Crippen MR) is 62.0 cm³/mol. The molecular weight excluding hydrogens is 156 g/mol. The summed E-state index contributed by atoms with van der Waals surface area (Å²) in [7, 11) is 0. The van der Waals surface area contributed by atoms with Crippen molar-refractivity contribution in [3.8, 4) is 0 Å². The molecule has 0 aliphatic carbocycles. The Morgan fingerprint density at radius 1 is 0.923 bits per heavy atom. The van der Waals surface area contributed by atoms with Crippen molar-refractivity contribution >= 4 is 0 Å². The molecule has 0 aromatic carbocycles. The van der Waals surface area contributed by atoms with Gasteiger partial charge in [-0.25, -0.2) is 0 Å². The van der Waals surface area contributed by atoms with E-state index >= 15 is 0 Å². The third-order valence-electron chi connectivity index (χ3n) is 2.20. The first-order valence-corrected chi connectivity index (χ1v) is 5.71. The molecule has 0 rings (SSSR count). The molecular formula is C13H26. The molecule has 0 N–H and O–H groups in total. The molecule has 0 aliphatic heterocycles. The van der Waals surface area contributed by atoms with Crippen LogP contribution in [0.5, 0.6) is 0 Å². The van der Waals surface area contributed by atoms with Gasteiger partial charge in [0.15, 0.2) is 0 Å². The predicted octanol–water partition coefficient (Wildman–Crippen LogP) is 4.95. The molecule has 0 spiro atoms. The van der Waals surface area contributed by atoms with Gasteiger partial charge in [-0.2, -0.15) is 0 Å². The van der Waals surface area contributed by atoms with Gasteiger partial charge in [0.25, 0.3) is 0 Å². The van der Waals surface area contributed by atoms with Gasteiger partial charge in [0.1, 0.15) is 0 Å². The Kier molecular flexibility index (Phi) is 7.03. The largest absolute Gasteiger partial charge is 0.0885 e. The maximum absolute atomic E-state index is 2.35. The van der Waals surface area contributed by atoms with Crippen LogP contribution in [0.2, 0.25) is 0 Å². The van der Waals surface area contributed by atoms with Gasteiger partial charge in [0, 0.05) is 0 Å². The lowest BCUT2D eigenvalue weighted by atomic mass is 9.90. The van der Waals surface area contributed by atoms with E-state index in [1.54, 1.807) is 0 Å². The van der Waals surface area contributed by atoms with E-state index in [2.05, 4.69) is 39.8 Å². The Hall–Kier alpha value is -0.260. The molecule has 0 heteroatoms. The molecule has 0 nitrogen and oxygen atoms in total. The first-order valence-electron chi connectivity index (χ1n) is 5.71. The maximum atomic E-state index is 2.35. The summed E-state index contributed by atoms with van der Waals surface area (Å²) in [6.45, 7) is 9.16. The summed E-state index contributed by atoms with van der Waals surface area (Å²) in [6, 6.07) is 0. The number of allylic oxidation sites excluding steroid dienone is 2. The Morgan fingerprint density at radius 3 is 2.08 bits per heavy atom. The zero-order chi connectivity index (χ0) is 10.2. The van der Waals surface area contributed by atoms with Crippen molar-refractivity contribution < 1.29 is 0 Å². The second kappa shape index (κ2) is 7.17. The average molecular weight is 182 g/mol. The summed E-state index contributed by atoms with van der Waals surface area (Å²) in [4.78, 5) is 0. The maximum Gasteiger partial charge on any atom is -0.0346 e. The molecule has 78 valence electrons. The highest BCUT2D eigenvalue weighted by molar-refractivity contribution is 4.82. The smallest absolute Gasteiger partial charge is 0.0346 e. The molecule has 13 heavy (non-hydrogen) atoms. The zero-order valence-corrected chi connectivity index (χ0v) is 9.90. The average Bonchev–Trinajstić information content (AvgIpc) is 2.01. The second-order valence-corrected chi connectivity index (χ2v) is 5.07. The molecule has 0 fully saturated rings. The lowest BCUT2D eigenvalue weighted by Gasteiger charge is -2.15.